The first-order valence-electron chi connectivity index (χ1n) is 8.36. The van der Waals surface area contributed by atoms with E-state index in [0.717, 1.165) is 11.4 Å². The predicted molar refractivity (Wildman–Crippen MR) is 94.2 cm³/mol. The molecule has 0 bridgehead atoms. The Bertz CT molecular complexity index is 695. The summed E-state index contributed by atoms with van der Waals surface area (Å²) in [5, 5.41) is 11.3. The SMILES string of the molecule is CC(C)Oc1ccc(Nc2ccc(C(=O)N3CCOCC3)nn2)cc1. The number of aromatic nitrogens is 2. The molecule has 3 rings (SSSR count). The summed E-state index contributed by atoms with van der Waals surface area (Å²) in [5.41, 5.74) is 1.21. The van der Waals surface area contributed by atoms with Gasteiger partial charge in [-0.2, -0.15) is 0 Å². The highest BCUT2D eigenvalue weighted by Gasteiger charge is 2.19. The van der Waals surface area contributed by atoms with Gasteiger partial charge in [0.25, 0.3) is 5.91 Å². The Morgan fingerprint density at radius 2 is 1.84 bits per heavy atom. The molecule has 1 aliphatic heterocycles. The molecule has 1 N–H and O–H groups in total. The molecule has 7 nitrogen and oxygen atoms in total. The summed E-state index contributed by atoms with van der Waals surface area (Å²) < 4.78 is 10.9. The molecule has 25 heavy (non-hydrogen) atoms. The minimum atomic E-state index is -0.113. The number of ether oxygens (including phenoxy) is 2. The number of nitrogens with one attached hydrogen (secondary N) is 1. The molecule has 0 unspecified atom stereocenters. The van der Waals surface area contributed by atoms with Crippen molar-refractivity contribution in [1.29, 1.82) is 0 Å². The van der Waals surface area contributed by atoms with Crippen molar-refractivity contribution >= 4 is 17.4 Å². The third-order valence-corrected chi connectivity index (χ3v) is 3.68. The molecule has 2 aromatic rings. The second-order valence-corrected chi connectivity index (χ2v) is 6.02. The van der Waals surface area contributed by atoms with Crippen molar-refractivity contribution in [2.75, 3.05) is 31.6 Å². The smallest absolute Gasteiger partial charge is 0.274 e. The molecule has 2 heterocycles. The van der Waals surface area contributed by atoms with Crippen LogP contribution in [0.5, 0.6) is 5.75 Å². The van der Waals surface area contributed by atoms with Crippen molar-refractivity contribution in [3.05, 3.63) is 42.1 Å². The number of anilines is 2. The third-order valence-electron chi connectivity index (χ3n) is 3.68. The van der Waals surface area contributed by atoms with E-state index in [9.17, 15) is 4.79 Å². The zero-order valence-corrected chi connectivity index (χ0v) is 14.4. The maximum atomic E-state index is 12.3. The Hall–Kier alpha value is -2.67. The summed E-state index contributed by atoms with van der Waals surface area (Å²) in [4.78, 5) is 14.1. The molecule has 0 saturated carbocycles. The van der Waals surface area contributed by atoms with Gasteiger partial charge in [0.1, 0.15) is 5.75 Å². The zero-order chi connectivity index (χ0) is 17.6. The number of carbonyl (C=O) groups is 1. The molecule has 0 spiro atoms. The zero-order valence-electron chi connectivity index (χ0n) is 14.4. The first kappa shape index (κ1) is 17.2. The Morgan fingerprint density at radius 3 is 2.44 bits per heavy atom. The maximum absolute atomic E-state index is 12.3. The van der Waals surface area contributed by atoms with Crippen LogP contribution < -0.4 is 10.1 Å². The van der Waals surface area contributed by atoms with Gasteiger partial charge in [0, 0.05) is 18.8 Å². The van der Waals surface area contributed by atoms with Crippen molar-refractivity contribution in [2.45, 2.75) is 20.0 Å². The van der Waals surface area contributed by atoms with Gasteiger partial charge in [-0.15, -0.1) is 10.2 Å². The fourth-order valence-electron chi connectivity index (χ4n) is 2.48. The number of hydrogen-bond donors (Lipinski definition) is 1. The first-order valence-corrected chi connectivity index (χ1v) is 8.36. The molecule has 1 fully saturated rings. The van der Waals surface area contributed by atoms with Crippen molar-refractivity contribution < 1.29 is 14.3 Å². The fourth-order valence-corrected chi connectivity index (χ4v) is 2.48. The summed E-state index contributed by atoms with van der Waals surface area (Å²) >= 11 is 0. The van der Waals surface area contributed by atoms with Gasteiger partial charge >= 0.3 is 0 Å². The van der Waals surface area contributed by atoms with Gasteiger partial charge in [-0.3, -0.25) is 4.79 Å². The molecular weight excluding hydrogens is 320 g/mol. The lowest BCUT2D eigenvalue weighted by molar-refractivity contribution is 0.0298. The lowest BCUT2D eigenvalue weighted by Gasteiger charge is -2.26. The van der Waals surface area contributed by atoms with Gasteiger partial charge in [-0.25, -0.2) is 0 Å². The topological polar surface area (TPSA) is 76.6 Å². The van der Waals surface area contributed by atoms with Crippen LogP contribution in [0.3, 0.4) is 0 Å². The second-order valence-electron chi connectivity index (χ2n) is 6.02. The van der Waals surface area contributed by atoms with Crippen molar-refractivity contribution in [3.63, 3.8) is 0 Å². The Kier molecular flexibility index (Phi) is 5.45. The van der Waals surface area contributed by atoms with Crippen LogP contribution in [0.4, 0.5) is 11.5 Å². The van der Waals surface area contributed by atoms with E-state index in [2.05, 4.69) is 15.5 Å². The van der Waals surface area contributed by atoms with Crippen LogP contribution in [0.1, 0.15) is 24.3 Å². The standard InChI is InChI=1S/C18H22N4O3/c1-13(2)25-15-5-3-14(4-6-15)19-17-8-7-16(20-21-17)18(23)22-9-11-24-12-10-22/h3-8,13H,9-12H2,1-2H3,(H,19,21). The minimum Gasteiger partial charge on any atom is -0.491 e. The summed E-state index contributed by atoms with van der Waals surface area (Å²) in [7, 11) is 0. The average molecular weight is 342 g/mol. The summed E-state index contributed by atoms with van der Waals surface area (Å²) in [6, 6.07) is 11.0. The fraction of sp³-hybridized carbons (Fsp3) is 0.389. The maximum Gasteiger partial charge on any atom is 0.274 e. The lowest BCUT2D eigenvalue weighted by atomic mass is 10.3. The van der Waals surface area contributed by atoms with E-state index in [-0.39, 0.29) is 12.0 Å². The molecule has 0 aliphatic carbocycles. The van der Waals surface area contributed by atoms with E-state index >= 15 is 0 Å². The molecule has 7 heteroatoms. The summed E-state index contributed by atoms with van der Waals surface area (Å²) in [6.45, 7) is 6.28. The van der Waals surface area contributed by atoms with Crippen LogP contribution in [0.2, 0.25) is 0 Å². The Balaban J connectivity index is 1.61. The molecular formula is C18H22N4O3. The van der Waals surface area contributed by atoms with Crippen LogP contribution >= 0.6 is 0 Å². The van der Waals surface area contributed by atoms with E-state index in [1.165, 1.54) is 0 Å². The van der Waals surface area contributed by atoms with Gasteiger partial charge in [0.05, 0.1) is 19.3 Å². The number of benzene rings is 1. The third kappa shape index (κ3) is 4.67. The normalized spacial score (nSPS) is 14.4. The second kappa shape index (κ2) is 7.94. The minimum absolute atomic E-state index is 0.113. The quantitative estimate of drug-likeness (QED) is 0.899. The predicted octanol–water partition coefficient (Wildman–Crippen LogP) is 2.48. The number of morpholine rings is 1. The summed E-state index contributed by atoms with van der Waals surface area (Å²) in [5.74, 6) is 1.28. The average Bonchev–Trinajstić information content (AvgIpc) is 2.64. The van der Waals surface area contributed by atoms with Gasteiger partial charge in [0.15, 0.2) is 11.5 Å². The largest absolute Gasteiger partial charge is 0.491 e. The molecule has 1 aliphatic rings. The van der Waals surface area contributed by atoms with Crippen molar-refractivity contribution in [1.82, 2.24) is 15.1 Å². The number of amides is 1. The van der Waals surface area contributed by atoms with E-state index in [0.29, 0.717) is 37.8 Å². The van der Waals surface area contributed by atoms with Crippen LogP contribution in [0.25, 0.3) is 0 Å². The highest BCUT2D eigenvalue weighted by atomic mass is 16.5. The van der Waals surface area contributed by atoms with Gasteiger partial charge in [-0.05, 0) is 50.2 Å². The molecule has 1 amide bonds. The van der Waals surface area contributed by atoms with Crippen LogP contribution in [-0.2, 0) is 4.74 Å². The van der Waals surface area contributed by atoms with Gasteiger partial charge < -0.3 is 19.7 Å². The molecule has 1 saturated heterocycles. The van der Waals surface area contributed by atoms with Gasteiger partial charge in [-0.1, -0.05) is 0 Å². The number of nitrogens with zero attached hydrogens (tertiary/aromatic N) is 3. The molecule has 0 radical (unpaired) electrons. The number of carbonyl (C=O) groups excluding carboxylic acids is 1. The van der Waals surface area contributed by atoms with Crippen LogP contribution in [0.15, 0.2) is 36.4 Å². The van der Waals surface area contributed by atoms with Gasteiger partial charge in [0.2, 0.25) is 0 Å². The monoisotopic (exact) mass is 342 g/mol. The molecule has 1 aromatic heterocycles. The highest BCUT2D eigenvalue weighted by Crippen LogP contribution is 2.19. The Morgan fingerprint density at radius 1 is 1.12 bits per heavy atom. The number of hydrogen-bond acceptors (Lipinski definition) is 6. The first-order chi connectivity index (χ1) is 12.1. The molecule has 0 atom stereocenters. The molecule has 1 aromatic carbocycles. The van der Waals surface area contributed by atoms with Crippen LogP contribution in [-0.4, -0.2) is 53.4 Å². The number of rotatable bonds is 5. The van der Waals surface area contributed by atoms with Crippen LogP contribution in [0, 0.1) is 0 Å². The van der Waals surface area contributed by atoms with E-state index < -0.39 is 0 Å². The van der Waals surface area contributed by atoms with Crippen molar-refractivity contribution in [3.8, 4) is 5.75 Å². The Labute approximate surface area is 147 Å². The lowest BCUT2D eigenvalue weighted by Crippen LogP contribution is -2.41. The summed E-state index contributed by atoms with van der Waals surface area (Å²) in [6.07, 6.45) is 0.140. The highest BCUT2D eigenvalue weighted by molar-refractivity contribution is 5.92. The van der Waals surface area contributed by atoms with E-state index in [1.54, 1.807) is 17.0 Å². The van der Waals surface area contributed by atoms with E-state index in [1.807, 2.05) is 38.1 Å². The van der Waals surface area contributed by atoms with Crippen molar-refractivity contribution in [2.24, 2.45) is 0 Å². The molecule has 132 valence electrons. The van der Waals surface area contributed by atoms with E-state index in [4.69, 9.17) is 9.47 Å².